The van der Waals surface area contributed by atoms with Gasteiger partial charge in [-0.05, 0) is 15.9 Å². The highest BCUT2D eigenvalue weighted by molar-refractivity contribution is 9.10. The highest BCUT2D eigenvalue weighted by Crippen LogP contribution is 2.18. The van der Waals surface area contributed by atoms with Crippen LogP contribution in [0.1, 0.15) is 5.69 Å². The molecule has 1 aliphatic rings. The van der Waals surface area contributed by atoms with Gasteiger partial charge in [0.15, 0.2) is 0 Å². The summed E-state index contributed by atoms with van der Waals surface area (Å²) < 4.78 is 2.88. The highest BCUT2D eigenvalue weighted by atomic mass is 79.9. The molecular formula is C10H15BrN4. The number of nitrogens with two attached hydrogens (primary N) is 1. The van der Waals surface area contributed by atoms with Crippen molar-refractivity contribution < 1.29 is 0 Å². The van der Waals surface area contributed by atoms with Gasteiger partial charge in [0.1, 0.15) is 0 Å². The normalized spacial score (nSPS) is 21.5. The van der Waals surface area contributed by atoms with Crippen LogP contribution in [0.4, 0.5) is 0 Å². The molecule has 1 aliphatic heterocycles. The van der Waals surface area contributed by atoms with E-state index < -0.39 is 0 Å². The van der Waals surface area contributed by atoms with Gasteiger partial charge in [-0.25, -0.2) is 0 Å². The zero-order chi connectivity index (χ0) is 10.8. The number of hydrogen-bond donors (Lipinski definition) is 2. The number of nitrogens with zero attached hydrogens (tertiary/aromatic N) is 2. The lowest BCUT2D eigenvalue weighted by atomic mass is 10.0. The van der Waals surface area contributed by atoms with E-state index >= 15 is 0 Å². The first-order valence-corrected chi connectivity index (χ1v) is 5.78. The van der Waals surface area contributed by atoms with Gasteiger partial charge in [-0.3, -0.25) is 4.68 Å². The smallest absolute Gasteiger partial charge is 0.0807 e. The van der Waals surface area contributed by atoms with Crippen LogP contribution in [0.3, 0.4) is 0 Å². The number of halogens is 1. The fraction of sp³-hybridized carbons (Fsp3) is 0.500. The zero-order valence-electron chi connectivity index (χ0n) is 8.70. The summed E-state index contributed by atoms with van der Waals surface area (Å²) in [7, 11) is 1.92. The summed E-state index contributed by atoms with van der Waals surface area (Å²) in [4.78, 5) is 0. The molecule has 0 amide bonds. The Morgan fingerprint density at radius 2 is 2.53 bits per heavy atom. The Kier molecular flexibility index (Phi) is 3.23. The molecule has 3 N–H and O–H groups in total. The van der Waals surface area contributed by atoms with Crippen LogP contribution in [0.5, 0.6) is 0 Å². The molecule has 2 rings (SSSR count). The van der Waals surface area contributed by atoms with Crippen LogP contribution >= 0.6 is 15.9 Å². The Balaban J connectivity index is 2.11. The molecular weight excluding hydrogens is 256 g/mol. The van der Waals surface area contributed by atoms with E-state index in [0.717, 1.165) is 29.7 Å². The quantitative estimate of drug-likeness (QED) is 0.774. The third-order valence-electron chi connectivity index (χ3n) is 2.43. The minimum absolute atomic E-state index is 0.135. The van der Waals surface area contributed by atoms with Crippen molar-refractivity contribution in [2.45, 2.75) is 12.5 Å². The van der Waals surface area contributed by atoms with Gasteiger partial charge in [-0.2, -0.15) is 5.10 Å². The van der Waals surface area contributed by atoms with Crippen molar-refractivity contribution >= 4 is 15.9 Å². The maximum absolute atomic E-state index is 5.85. The van der Waals surface area contributed by atoms with Gasteiger partial charge in [0.05, 0.1) is 10.2 Å². The lowest BCUT2D eigenvalue weighted by Crippen LogP contribution is -2.38. The van der Waals surface area contributed by atoms with Gasteiger partial charge < -0.3 is 11.1 Å². The van der Waals surface area contributed by atoms with E-state index in [0.29, 0.717) is 0 Å². The first-order valence-electron chi connectivity index (χ1n) is 4.99. The van der Waals surface area contributed by atoms with Crippen molar-refractivity contribution in [3.05, 3.63) is 28.0 Å². The Morgan fingerprint density at radius 1 is 1.73 bits per heavy atom. The SMILES string of the molecule is Cn1cc(Br)c(CC2=CC(N)CNC2)n1. The van der Waals surface area contributed by atoms with Crippen LogP contribution in [0.2, 0.25) is 0 Å². The summed E-state index contributed by atoms with van der Waals surface area (Å²) in [5.41, 5.74) is 8.23. The standard InChI is InChI=1S/C10H15BrN4/c1-15-6-9(11)10(14-15)3-7-2-8(12)5-13-4-7/h2,6,8,13H,3-5,12H2,1H3. The second kappa shape index (κ2) is 4.47. The number of rotatable bonds is 2. The molecule has 1 aromatic heterocycles. The second-order valence-corrected chi connectivity index (χ2v) is 4.75. The van der Waals surface area contributed by atoms with Crippen molar-refractivity contribution in [2.24, 2.45) is 12.8 Å². The molecule has 15 heavy (non-hydrogen) atoms. The van der Waals surface area contributed by atoms with Crippen LogP contribution in [0.25, 0.3) is 0 Å². The molecule has 0 saturated heterocycles. The molecule has 1 atom stereocenters. The molecule has 0 bridgehead atoms. The lowest BCUT2D eigenvalue weighted by Gasteiger charge is -2.18. The molecule has 0 radical (unpaired) electrons. The number of aromatic nitrogens is 2. The molecule has 0 aromatic carbocycles. The third kappa shape index (κ3) is 2.68. The first-order chi connectivity index (χ1) is 7.15. The number of aryl methyl sites for hydroxylation is 1. The molecule has 0 spiro atoms. The van der Waals surface area contributed by atoms with Crippen LogP contribution in [0.15, 0.2) is 22.3 Å². The molecule has 1 unspecified atom stereocenters. The summed E-state index contributed by atoms with van der Waals surface area (Å²) in [5.74, 6) is 0. The minimum atomic E-state index is 0.135. The van der Waals surface area contributed by atoms with Gasteiger partial charge in [0.25, 0.3) is 0 Å². The molecule has 2 heterocycles. The van der Waals surface area contributed by atoms with Crippen LogP contribution in [0, 0.1) is 0 Å². The zero-order valence-corrected chi connectivity index (χ0v) is 10.3. The molecule has 0 saturated carbocycles. The maximum Gasteiger partial charge on any atom is 0.0807 e. The van der Waals surface area contributed by atoms with Crippen molar-refractivity contribution in [2.75, 3.05) is 13.1 Å². The Bertz CT molecular complexity index is 383. The third-order valence-corrected chi connectivity index (χ3v) is 3.09. The van der Waals surface area contributed by atoms with E-state index in [1.54, 1.807) is 0 Å². The Labute approximate surface area is 97.7 Å². The van der Waals surface area contributed by atoms with Gasteiger partial charge in [-0.15, -0.1) is 0 Å². The lowest BCUT2D eigenvalue weighted by molar-refractivity contribution is 0.623. The second-order valence-electron chi connectivity index (χ2n) is 3.89. The van der Waals surface area contributed by atoms with Crippen molar-refractivity contribution in [1.82, 2.24) is 15.1 Å². The summed E-state index contributed by atoms with van der Waals surface area (Å²) in [5, 5.41) is 7.68. The van der Waals surface area contributed by atoms with E-state index in [4.69, 9.17) is 5.73 Å². The van der Waals surface area contributed by atoms with Gasteiger partial charge in [-0.1, -0.05) is 11.6 Å². The molecule has 82 valence electrons. The molecule has 1 aromatic rings. The largest absolute Gasteiger partial charge is 0.323 e. The Morgan fingerprint density at radius 3 is 3.13 bits per heavy atom. The molecule has 0 fully saturated rings. The molecule has 0 aliphatic carbocycles. The fourth-order valence-corrected chi connectivity index (χ4v) is 2.30. The minimum Gasteiger partial charge on any atom is -0.323 e. The van der Waals surface area contributed by atoms with Crippen molar-refractivity contribution in [1.29, 1.82) is 0 Å². The van der Waals surface area contributed by atoms with Crippen LogP contribution < -0.4 is 11.1 Å². The summed E-state index contributed by atoms with van der Waals surface area (Å²) in [6.45, 7) is 1.78. The van der Waals surface area contributed by atoms with Crippen molar-refractivity contribution in [3.63, 3.8) is 0 Å². The van der Waals surface area contributed by atoms with Crippen LogP contribution in [-0.2, 0) is 13.5 Å². The Hall–Kier alpha value is -0.650. The topological polar surface area (TPSA) is 55.9 Å². The van der Waals surface area contributed by atoms with Gasteiger partial charge in [0.2, 0.25) is 0 Å². The first kappa shape index (κ1) is 10.9. The summed E-state index contributed by atoms with van der Waals surface area (Å²) in [6, 6.07) is 0.135. The number of hydrogen-bond acceptors (Lipinski definition) is 3. The van der Waals surface area contributed by atoms with E-state index in [9.17, 15) is 0 Å². The predicted octanol–water partition coefficient (Wildman–Crippen LogP) is 0.582. The van der Waals surface area contributed by atoms with Crippen LogP contribution in [-0.4, -0.2) is 28.9 Å². The van der Waals surface area contributed by atoms with E-state index in [2.05, 4.69) is 32.4 Å². The van der Waals surface area contributed by atoms with Crippen molar-refractivity contribution in [3.8, 4) is 0 Å². The summed E-state index contributed by atoms with van der Waals surface area (Å²) in [6.07, 6.45) is 4.96. The predicted molar refractivity (Wildman–Crippen MR) is 63.5 cm³/mol. The van der Waals surface area contributed by atoms with Gasteiger partial charge in [0, 0.05) is 38.8 Å². The summed E-state index contributed by atoms with van der Waals surface area (Å²) >= 11 is 3.50. The van der Waals surface area contributed by atoms with E-state index in [1.165, 1.54) is 5.57 Å². The van der Waals surface area contributed by atoms with E-state index in [-0.39, 0.29) is 6.04 Å². The average molecular weight is 271 g/mol. The molecule has 4 nitrogen and oxygen atoms in total. The molecule has 5 heteroatoms. The maximum atomic E-state index is 5.85. The van der Waals surface area contributed by atoms with E-state index in [1.807, 2.05) is 17.9 Å². The highest BCUT2D eigenvalue weighted by Gasteiger charge is 2.12. The fourth-order valence-electron chi connectivity index (χ4n) is 1.78. The average Bonchev–Trinajstić information content (AvgIpc) is 2.45. The monoisotopic (exact) mass is 270 g/mol. The number of nitrogens with one attached hydrogen (secondary N) is 1. The van der Waals surface area contributed by atoms with Gasteiger partial charge >= 0.3 is 0 Å².